The van der Waals surface area contributed by atoms with Gasteiger partial charge >= 0.3 is 0 Å². The van der Waals surface area contributed by atoms with Gasteiger partial charge in [-0.25, -0.2) is 0 Å². The Balaban J connectivity index is 2.33. The van der Waals surface area contributed by atoms with E-state index in [1.54, 1.807) is 36.4 Å². The number of amides is 1. The molecule has 5 heteroatoms. The van der Waals surface area contributed by atoms with Gasteiger partial charge in [0.05, 0.1) is 17.3 Å². The fourth-order valence-corrected chi connectivity index (χ4v) is 2.13. The van der Waals surface area contributed by atoms with E-state index >= 15 is 0 Å². The average Bonchev–Trinajstić information content (AvgIpc) is 2.39. The van der Waals surface area contributed by atoms with Gasteiger partial charge in [-0.05, 0) is 30.3 Å². The lowest BCUT2D eigenvalue weighted by atomic mass is 10.2. The largest absolute Gasteiger partial charge is 0.455 e. The number of halogens is 1. The zero-order chi connectivity index (χ0) is 14.5. The van der Waals surface area contributed by atoms with Crippen molar-refractivity contribution in [3.05, 3.63) is 52.5 Å². The summed E-state index contributed by atoms with van der Waals surface area (Å²) in [5, 5.41) is 11.6. The lowest BCUT2D eigenvalue weighted by Gasteiger charge is -2.11. The molecule has 2 rings (SSSR count). The van der Waals surface area contributed by atoms with Crippen LogP contribution in [0.25, 0.3) is 0 Å². The second-order valence-corrected chi connectivity index (χ2v) is 4.98. The number of nitriles is 1. The van der Waals surface area contributed by atoms with Crippen molar-refractivity contribution in [2.75, 3.05) is 5.32 Å². The highest BCUT2D eigenvalue weighted by Crippen LogP contribution is 2.31. The molecule has 0 aliphatic rings. The number of carbonyl (C=O) groups excluding carboxylic acids is 1. The second-order valence-electron chi connectivity index (χ2n) is 4.07. The highest BCUT2D eigenvalue weighted by Gasteiger charge is 2.07. The molecule has 0 unspecified atom stereocenters. The Labute approximate surface area is 125 Å². The molecule has 20 heavy (non-hydrogen) atoms. The Morgan fingerprint density at radius 2 is 2.05 bits per heavy atom. The van der Waals surface area contributed by atoms with Crippen molar-refractivity contribution in [2.45, 2.75) is 6.92 Å². The van der Waals surface area contributed by atoms with E-state index in [0.717, 1.165) is 4.47 Å². The van der Waals surface area contributed by atoms with Crippen LogP contribution in [0.2, 0.25) is 0 Å². The topological polar surface area (TPSA) is 62.1 Å². The predicted octanol–water partition coefficient (Wildman–Crippen LogP) is 4.07. The molecule has 2 aromatic rings. The van der Waals surface area contributed by atoms with Crippen molar-refractivity contribution in [2.24, 2.45) is 0 Å². The first-order valence-corrected chi connectivity index (χ1v) is 6.63. The van der Waals surface area contributed by atoms with Gasteiger partial charge in [0, 0.05) is 11.4 Å². The van der Waals surface area contributed by atoms with Gasteiger partial charge in [-0.15, -0.1) is 0 Å². The standard InChI is InChI=1S/C15H11BrN2O2/c1-10(19)18-14-4-2-3-5-15(14)20-13-7-11(9-17)6-12(16)8-13/h2-8H,1H3,(H,18,19). The number of hydrogen-bond donors (Lipinski definition) is 1. The summed E-state index contributed by atoms with van der Waals surface area (Å²) < 4.78 is 6.49. The van der Waals surface area contributed by atoms with Gasteiger partial charge in [0.2, 0.25) is 5.91 Å². The Morgan fingerprint density at radius 3 is 2.75 bits per heavy atom. The van der Waals surface area contributed by atoms with Gasteiger partial charge in [0.25, 0.3) is 0 Å². The summed E-state index contributed by atoms with van der Waals surface area (Å²) in [5.41, 5.74) is 1.07. The van der Waals surface area contributed by atoms with Crippen molar-refractivity contribution in [1.29, 1.82) is 5.26 Å². The molecule has 100 valence electrons. The van der Waals surface area contributed by atoms with E-state index in [0.29, 0.717) is 22.7 Å². The third-order valence-electron chi connectivity index (χ3n) is 2.43. The normalized spacial score (nSPS) is 9.65. The number of nitrogens with one attached hydrogen (secondary N) is 1. The molecule has 0 saturated heterocycles. The van der Waals surface area contributed by atoms with Gasteiger partial charge in [-0.1, -0.05) is 28.1 Å². The summed E-state index contributed by atoms with van der Waals surface area (Å²) in [6.45, 7) is 1.43. The Kier molecular flexibility index (Phi) is 4.38. The molecule has 0 bridgehead atoms. The van der Waals surface area contributed by atoms with E-state index in [-0.39, 0.29) is 5.91 Å². The maximum absolute atomic E-state index is 11.2. The third kappa shape index (κ3) is 3.59. The van der Waals surface area contributed by atoms with Gasteiger partial charge in [-0.3, -0.25) is 4.79 Å². The molecular formula is C15H11BrN2O2. The molecule has 0 fully saturated rings. The van der Waals surface area contributed by atoms with Crippen LogP contribution in [-0.4, -0.2) is 5.91 Å². The molecule has 0 aromatic heterocycles. The number of benzene rings is 2. The van der Waals surface area contributed by atoms with Crippen molar-refractivity contribution in [3.63, 3.8) is 0 Å². The average molecular weight is 331 g/mol. The van der Waals surface area contributed by atoms with Crippen molar-refractivity contribution < 1.29 is 9.53 Å². The summed E-state index contributed by atoms with van der Waals surface area (Å²) in [6, 6.07) is 14.3. The monoisotopic (exact) mass is 330 g/mol. The zero-order valence-electron chi connectivity index (χ0n) is 10.7. The molecular weight excluding hydrogens is 320 g/mol. The van der Waals surface area contributed by atoms with Gasteiger partial charge in [0.15, 0.2) is 5.75 Å². The predicted molar refractivity (Wildman–Crippen MR) is 79.7 cm³/mol. The minimum atomic E-state index is -0.173. The fraction of sp³-hybridized carbons (Fsp3) is 0.0667. The first-order valence-electron chi connectivity index (χ1n) is 5.83. The van der Waals surface area contributed by atoms with Crippen LogP contribution in [-0.2, 0) is 4.79 Å². The Morgan fingerprint density at radius 1 is 1.30 bits per heavy atom. The van der Waals surface area contributed by atoms with Crippen molar-refractivity contribution in [1.82, 2.24) is 0 Å². The number of hydrogen-bond acceptors (Lipinski definition) is 3. The van der Waals surface area contributed by atoms with Crippen LogP contribution in [0.1, 0.15) is 12.5 Å². The molecule has 2 aromatic carbocycles. The summed E-state index contributed by atoms with van der Waals surface area (Å²) in [7, 11) is 0. The maximum atomic E-state index is 11.2. The number of para-hydroxylation sites is 2. The van der Waals surface area contributed by atoms with Crippen LogP contribution in [0.15, 0.2) is 46.9 Å². The molecule has 0 atom stereocenters. The number of carbonyl (C=O) groups is 1. The molecule has 1 N–H and O–H groups in total. The summed E-state index contributed by atoms with van der Waals surface area (Å²) >= 11 is 3.33. The van der Waals surface area contributed by atoms with Gasteiger partial charge in [-0.2, -0.15) is 5.26 Å². The second kappa shape index (κ2) is 6.22. The van der Waals surface area contributed by atoms with Crippen LogP contribution >= 0.6 is 15.9 Å². The summed E-state index contributed by atoms with van der Waals surface area (Å²) in [4.78, 5) is 11.2. The maximum Gasteiger partial charge on any atom is 0.221 e. The first kappa shape index (κ1) is 14.1. The van der Waals surface area contributed by atoms with Crippen LogP contribution in [0, 0.1) is 11.3 Å². The summed E-state index contributed by atoms with van der Waals surface area (Å²) in [6.07, 6.45) is 0. The Bertz CT molecular complexity index is 693. The number of nitrogens with zero attached hydrogens (tertiary/aromatic N) is 1. The molecule has 4 nitrogen and oxygen atoms in total. The van der Waals surface area contributed by atoms with Crippen molar-refractivity contribution in [3.8, 4) is 17.6 Å². The third-order valence-corrected chi connectivity index (χ3v) is 2.88. The van der Waals surface area contributed by atoms with E-state index in [1.165, 1.54) is 6.92 Å². The lowest BCUT2D eigenvalue weighted by Crippen LogP contribution is -2.06. The molecule has 0 spiro atoms. The number of anilines is 1. The van der Waals surface area contributed by atoms with Crippen LogP contribution < -0.4 is 10.1 Å². The van der Waals surface area contributed by atoms with E-state index in [1.807, 2.05) is 6.07 Å². The van der Waals surface area contributed by atoms with Crippen LogP contribution in [0.5, 0.6) is 11.5 Å². The SMILES string of the molecule is CC(=O)Nc1ccccc1Oc1cc(Br)cc(C#N)c1. The van der Waals surface area contributed by atoms with Crippen molar-refractivity contribution >= 4 is 27.5 Å². The van der Waals surface area contributed by atoms with E-state index in [4.69, 9.17) is 10.00 Å². The minimum Gasteiger partial charge on any atom is -0.455 e. The number of rotatable bonds is 3. The van der Waals surface area contributed by atoms with E-state index in [2.05, 4.69) is 27.3 Å². The van der Waals surface area contributed by atoms with E-state index < -0.39 is 0 Å². The highest BCUT2D eigenvalue weighted by atomic mass is 79.9. The molecule has 1 amide bonds. The summed E-state index contributed by atoms with van der Waals surface area (Å²) in [5.74, 6) is 0.867. The minimum absolute atomic E-state index is 0.173. The van der Waals surface area contributed by atoms with Crippen LogP contribution in [0.4, 0.5) is 5.69 Å². The Hall–Kier alpha value is -2.32. The number of ether oxygens (including phenoxy) is 1. The van der Waals surface area contributed by atoms with E-state index in [9.17, 15) is 4.79 Å². The highest BCUT2D eigenvalue weighted by molar-refractivity contribution is 9.10. The van der Waals surface area contributed by atoms with Gasteiger partial charge in [0.1, 0.15) is 5.75 Å². The van der Waals surface area contributed by atoms with Gasteiger partial charge < -0.3 is 10.1 Å². The molecule has 0 aliphatic heterocycles. The molecule has 0 heterocycles. The lowest BCUT2D eigenvalue weighted by molar-refractivity contribution is -0.114. The quantitative estimate of drug-likeness (QED) is 0.922. The smallest absolute Gasteiger partial charge is 0.221 e. The zero-order valence-corrected chi connectivity index (χ0v) is 12.3. The molecule has 0 radical (unpaired) electrons. The first-order chi connectivity index (χ1) is 9.58. The fourth-order valence-electron chi connectivity index (χ4n) is 1.66. The molecule has 0 saturated carbocycles. The molecule has 0 aliphatic carbocycles. The van der Waals surface area contributed by atoms with Crippen LogP contribution in [0.3, 0.4) is 0 Å².